The molecule has 0 aliphatic carbocycles. The zero-order valence-corrected chi connectivity index (χ0v) is 10.0. The third-order valence-electron chi connectivity index (χ3n) is 3.10. The molecule has 0 amide bonds. The summed E-state index contributed by atoms with van der Waals surface area (Å²) in [6.45, 7) is 5.04. The first-order valence-electron chi connectivity index (χ1n) is 5.86. The van der Waals surface area contributed by atoms with Crippen LogP contribution in [0.1, 0.15) is 31.9 Å². The highest BCUT2D eigenvalue weighted by Gasteiger charge is 2.34. The summed E-state index contributed by atoms with van der Waals surface area (Å²) >= 11 is 0. The molecule has 0 spiro atoms. The molecule has 1 aromatic carbocycles. The van der Waals surface area contributed by atoms with Crippen LogP contribution in [0.2, 0.25) is 0 Å². The van der Waals surface area contributed by atoms with E-state index in [2.05, 4.69) is 0 Å². The van der Waals surface area contributed by atoms with Gasteiger partial charge in [0.2, 0.25) is 0 Å². The summed E-state index contributed by atoms with van der Waals surface area (Å²) in [5.74, 6) is 2.08. The second kappa shape index (κ2) is 3.53. The van der Waals surface area contributed by atoms with E-state index in [1.54, 1.807) is 0 Å². The number of aliphatic hydroxyl groups excluding tert-OH is 1. The average molecular weight is 236 g/mol. The Morgan fingerprint density at radius 1 is 1.12 bits per heavy atom. The summed E-state index contributed by atoms with van der Waals surface area (Å²) in [4.78, 5) is 0. The molecule has 0 fully saturated rings. The molecule has 92 valence electrons. The van der Waals surface area contributed by atoms with Gasteiger partial charge >= 0.3 is 0 Å². The fourth-order valence-corrected chi connectivity index (χ4v) is 2.35. The highest BCUT2D eigenvalue weighted by molar-refractivity contribution is 5.53. The predicted molar refractivity (Wildman–Crippen MR) is 61.7 cm³/mol. The van der Waals surface area contributed by atoms with Crippen LogP contribution in [-0.2, 0) is 0 Å². The summed E-state index contributed by atoms with van der Waals surface area (Å²) in [6.07, 6.45) is 0.0733. The van der Waals surface area contributed by atoms with Gasteiger partial charge in [-0.1, -0.05) is 0 Å². The Morgan fingerprint density at radius 3 is 2.47 bits per heavy atom. The van der Waals surface area contributed by atoms with Gasteiger partial charge in [-0.05, 0) is 19.9 Å². The van der Waals surface area contributed by atoms with Gasteiger partial charge in [0.25, 0.3) is 0 Å². The molecule has 1 aromatic rings. The maximum absolute atomic E-state index is 10.1. The Hall–Kier alpha value is -1.42. The second-order valence-electron chi connectivity index (χ2n) is 5.12. The van der Waals surface area contributed by atoms with E-state index < -0.39 is 6.10 Å². The number of rotatable bonds is 0. The van der Waals surface area contributed by atoms with Crippen LogP contribution < -0.4 is 14.2 Å². The van der Waals surface area contributed by atoms with Crippen molar-refractivity contribution in [2.45, 2.75) is 32.0 Å². The Kier molecular flexibility index (Phi) is 2.23. The smallest absolute Gasteiger partial charge is 0.165 e. The summed E-state index contributed by atoms with van der Waals surface area (Å²) in [5, 5.41) is 10.1. The van der Waals surface area contributed by atoms with Crippen LogP contribution in [0.5, 0.6) is 17.2 Å². The third kappa shape index (κ3) is 1.82. The predicted octanol–water partition coefficient (Wildman–Crippen LogP) is 2.05. The maximum Gasteiger partial charge on any atom is 0.165 e. The highest BCUT2D eigenvalue weighted by Crippen LogP contribution is 2.45. The second-order valence-corrected chi connectivity index (χ2v) is 5.12. The van der Waals surface area contributed by atoms with Gasteiger partial charge in [-0.25, -0.2) is 0 Å². The molecule has 4 nitrogen and oxygen atoms in total. The van der Waals surface area contributed by atoms with Crippen molar-refractivity contribution in [1.29, 1.82) is 0 Å². The normalized spacial score (nSPS) is 24.8. The monoisotopic (exact) mass is 236 g/mol. The van der Waals surface area contributed by atoms with Gasteiger partial charge in [0.05, 0.1) is 6.10 Å². The first-order chi connectivity index (χ1) is 8.05. The number of benzene rings is 1. The van der Waals surface area contributed by atoms with Crippen molar-refractivity contribution in [3.05, 3.63) is 17.7 Å². The number of fused-ring (bicyclic) bond motifs is 2. The van der Waals surface area contributed by atoms with Gasteiger partial charge < -0.3 is 19.3 Å². The minimum absolute atomic E-state index is 0.351. The van der Waals surface area contributed by atoms with Gasteiger partial charge in [-0.3, -0.25) is 0 Å². The van der Waals surface area contributed by atoms with Crippen molar-refractivity contribution < 1.29 is 19.3 Å². The molecular weight excluding hydrogens is 220 g/mol. The Morgan fingerprint density at radius 2 is 1.76 bits per heavy atom. The first-order valence-corrected chi connectivity index (χ1v) is 5.86. The largest absolute Gasteiger partial charge is 0.487 e. The first kappa shape index (κ1) is 10.7. The molecule has 2 heterocycles. The van der Waals surface area contributed by atoms with Crippen LogP contribution in [-0.4, -0.2) is 23.9 Å². The van der Waals surface area contributed by atoms with E-state index in [4.69, 9.17) is 14.2 Å². The molecule has 1 unspecified atom stereocenters. The lowest BCUT2D eigenvalue weighted by molar-refractivity contribution is 0.0106. The molecule has 0 aromatic heterocycles. The van der Waals surface area contributed by atoms with Crippen molar-refractivity contribution in [3.8, 4) is 17.2 Å². The maximum atomic E-state index is 10.1. The fraction of sp³-hybridized carbons (Fsp3) is 0.538. The lowest BCUT2D eigenvalue weighted by Crippen LogP contribution is -2.35. The van der Waals surface area contributed by atoms with Crippen molar-refractivity contribution in [2.24, 2.45) is 0 Å². The van der Waals surface area contributed by atoms with Crippen molar-refractivity contribution in [2.75, 3.05) is 13.2 Å². The molecule has 0 radical (unpaired) electrons. The molecule has 0 saturated carbocycles. The lowest BCUT2D eigenvalue weighted by atomic mass is 9.91. The standard InChI is InChI=1S/C13H16O4/c1-13(2)7-9(14)8-5-11-12(6-10(8)17-13)16-4-3-15-11/h5-6,9,14H,3-4,7H2,1-2H3. The zero-order chi connectivity index (χ0) is 12.0. The number of aliphatic hydroxyl groups is 1. The fourth-order valence-electron chi connectivity index (χ4n) is 2.35. The van der Waals surface area contributed by atoms with E-state index in [9.17, 15) is 5.11 Å². The van der Waals surface area contributed by atoms with Gasteiger partial charge in [0.15, 0.2) is 11.5 Å². The van der Waals surface area contributed by atoms with E-state index >= 15 is 0 Å². The van der Waals surface area contributed by atoms with Crippen LogP contribution in [0.3, 0.4) is 0 Å². The van der Waals surface area contributed by atoms with Gasteiger partial charge in [-0.2, -0.15) is 0 Å². The summed E-state index contributed by atoms with van der Waals surface area (Å²) in [7, 11) is 0. The summed E-state index contributed by atoms with van der Waals surface area (Å²) in [5.41, 5.74) is 0.435. The molecule has 1 N–H and O–H groups in total. The van der Waals surface area contributed by atoms with Gasteiger partial charge in [-0.15, -0.1) is 0 Å². The van der Waals surface area contributed by atoms with Crippen LogP contribution in [0.15, 0.2) is 12.1 Å². The molecule has 3 rings (SSSR count). The molecule has 4 heteroatoms. The summed E-state index contributed by atoms with van der Waals surface area (Å²) in [6, 6.07) is 3.64. The van der Waals surface area contributed by atoms with Crippen LogP contribution in [0, 0.1) is 0 Å². The van der Waals surface area contributed by atoms with Gasteiger partial charge in [0.1, 0.15) is 24.6 Å². The minimum atomic E-state index is -0.510. The molecular formula is C13H16O4. The van der Waals surface area contributed by atoms with E-state index in [0.29, 0.717) is 36.9 Å². The van der Waals surface area contributed by atoms with Crippen LogP contribution in [0.4, 0.5) is 0 Å². The lowest BCUT2D eigenvalue weighted by Gasteiger charge is -2.36. The molecule has 0 saturated heterocycles. The molecule has 0 bridgehead atoms. The molecule has 17 heavy (non-hydrogen) atoms. The summed E-state index contributed by atoms with van der Waals surface area (Å²) < 4.78 is 16.9. The van der Waals surface area contributed by atoms with Gasteiger partial charge in [0, 0.05) is 18.1 Å². The average Bonchev–Trinajstić information content (AvgIpc) is 2.25. The van der Waals surface area contributed by atoms with Crippen LogP contribution >= 0.6 is 0 Å². The van der Waals surface area contributed by atoms with Crippen LogP contribution in [0.25, 0.3) is 0 Å². The molecule has 2 aliphatic rings. The van der Waals surface area contributed by atoms with Crippen molar-refractivity contribution in [1.82, 2.24) is 0 Å². The SMILES string of the molecule is CC1(C)CC(O)c2cc3c(cc2O1)OCCO3. The minimum Gasteiger partial charge on any atom is -0.487 e. The third-order valence-corrected chi connectivity index (χ3v) is 3.10. The number of ether oxygens (including phenoxy) is 3. The van der Waals surface area contributed by atoms with E-state index in [-0.39, 0.29) is 5.60 Å². The van der Waals surface area contributed by atoms with E-state index in [0.717, 1.165) is 5.56 Å². The Bertz CT molecular complexity index is 453. The quantitative estimate of drug-likeness (QED) is 0.749. The van der Waals surface area contributed by atoms with E-state index in [1.165, 1.54) is 0 Å². The molecule has 1 atom stereocenters. The van der Waals surface area contributed by atoms with Crippen molar-refractivity contribution >= 4 is 0 Å². The highest BCUT2D eigenvalue weighted by atomic mass is 16.6. The topological polar surface area (TPSA) is 47.9 Å². The number of hydrogen-bond donors (Lipinski definition) is 1. The zero-order valence-electron chi connectivity index (χ0n) is 10.0. The number of hydrogen-bond acceptors (Lipinski definition) is 4. The molecule has 2 aliphatic heterocycles. The van der Waals surface area contributed by atoms with E-state index in [1.807, 2.05) is 26.0 Å². The Balaban J connectivity index is 2.07. The van der Waals surface area contributed by atoms with Crippen molar-refractivity contribution in [3.63, 3.8) is 0 Å². The Labute approximate surface area is 100 Å².